The fraction of sp³-hybridized carbons (Fsp3) is 0.350. The number of amides is 1. The molecule has 6 heteroatoms. The van der Waals surface area contributed by atoms with Gasteiger partial charge in [0.15, 0.2) is 0 Å². The van der Waals surface area contributed by atoms with Gasteiger partial charge >= 0.3 is 0 Å². The molecule has 1 amide bonds. The lowest BCUT2D eigenvalue weighted by molar-refractivity contribution is -0.122. The van der Waals surface area contributed by atoms with E-state index in [1.54, 1.807) is 11.8 Å². The van der Waals surface area contributed by atoms with Crippen molar-refractivity contribution in [2.24, 2.45) is 0 Å². The van der Waals surface area contributed by atoms with Gasteiger partial charge in [0, 0.05) is 18.8 Å². The fourth-order valence-corrected chi connectivity index (χ4v) is 5.13. The summed E-state index contributed by atoms with van der Waals surface area (Å²) in [6, 6.07) is 15.0. The van der Waals surface area contributed by atoms with Crippen LogP contribution in [0, 0.1) is 0 Å². The van der Waals surface area contributed by atoms with Crippen molar-refractivity contribution in [3.05, 3.63) is 65.2 Å². The molecule has 1 atom stereocenters. The van der Waals surface area contributed by atoms with Gasteiger partial charge in [0.05, 0.1) is 5.75 Å². The number of carbonyl (C=O) groups is 1. The maximum absolute atomic E-state index is 13.4. The van der Waals surface area contributed by atoms with Crippen molar-refractivity contribution < 1.29 is 13.2 Å². The average Bonchev–Trinajstić information content (AvgIpc) is 3.10. The summed E-state index contributed by atoms with van der Waals surface area (Å²) in [6.45, 7) is 2.50. The largest absolute Gasteiger partial charge is 0.310 e. The molecule has 0 N–H and O–H groups in total. The zero-order valence-corrected chi connectivity index (χ0v) is 15.6. The summed E-state index contributed by atoms with van der Waals surface area (Å²) in [7, 11) is -3.48. The van der Waals surface area contributed by atoms with Crippen LogP contribution in [0.2, 0.25) is 0 Å². The normalized spacial score (nSPS) is 19.9. The summed E-state index contributed by atoms with van der Waals surface area (Å²) in [5.41, 5.74) is 4.09. The van der Waals surface area contributed by atoms with Crippen LogP contribution in [0.1, 0.15) is 23.6 Å². The van der Waals surface area contributed by atoms with E-state index in [0.29, 0.717) is 13.0 Å². The highest BCUT2D eigenvalue weighted by molar-refractivity contribution is 7.89. The van der Waals surface area contributed by atoms with Gasteiger partial charge in [-0.05, 0) is 42.5 Å². The second kappa shape index (κ2) is 6.52. The molecule has 0 unspecified atom stereocenters. The van der Waals surface area contributed by atoms with E-state index >= 15 is 0 Å². The van der Waals surface area contributed by atoms with Crippen LogP contribution >= 0.6 is 0 Å². The Bertz CT molecular complexity index is 955. The summed E-state index contributed by atoms with van der Waals surface area (Å²) in [4.78, 5) is 15.1. The second-order valence-corrected chi connectivity index (χ2v) is 9.01. The number of anilines is 1. The Morgan fingerprint density at radius 2 is 1.69 bits per heavy atom. The molecule has 0 spiro atoms. The highest BCUT2D eigenvalue weighted by Crippen LogP contribution is 2.32. The molecule has 0 radical (unpaired) electrons. The van der Waals surface area contributed by atoms with Crippen LogP contribution < -0.4 is 4.90 Å². The number of hydrogen-bond acceptors (Lipinski definition) is 3. The van der Waals surface area contributed by atoms with E-state index in [-0.39, 0.29) is 18.2 Å². The van der Waals surface area contributed by atoms with Crippen molar-refractivity contribution in [2.75, 3.05) is 17.2 Å². The van der Waals surface area contributed by atoms with Crippen molar-refractivity contribution >= 4 is 21.6 Å². The number of carbonyl (C=O) groups excluding carboxylic acids is 1. The van der Waals surface area contributed by atoms with Crippen molar-refractivity contribution in [1.82, 2.24) is 4.31 Å². The molecule has 4 rings (SSSR count). The molecule has 0 aliphatic carbocycles. The first kappa shape index (κ1) is 17.2. The standard InChI is InChI=1S/C20H22N2O3S/c1-2-26(24,25)22-14-17-9-4-3-8-16(17)13-19(22)20(23)21-12-11-15-7-5-6-10-18(15)21/h3-10,19H,2,11-14H2,1H3/t19-/m0/s1. The number of fused-ring (bicyclic) bond motifs is 2. The zero-order valence-electron chi connectivity index (χ0n) is 14.8. The summed E-state index contributed by atoms with van der Waals surface area (Å²) in [5.74, 6) is -0.128. The van der Waals surface area contributed by atoms with Crippen LogP contribution in [0.25, 0.3) is 0 Å². The van der Waals surface area contributed by atoms with Crippen molar-refractivity contribution in [2.45, 2.75) is 32.4 Å². The lowest BCUT2D eigenvalue weighted by atomic mass is 9.95. The number of hydrogen-bond donors (Lipinski definition) is 0. The first-order valence-electron chi connectivity index (χ1n) is 8.97. The van der Waals surface area contributed by atoms with E-state index in [1.807, 2.05) is 48.5 Å². The monoisotopic (exact) mass is 370 g/mol. The molecule has 2 heterocycles. The molecule has 2 aliphatic rings. The van der Waals surface area contributed by atoms with Crippen LogP contribution in [-0.2, 0) is 34.2 Å². The molecular formula is C20H22N2O3S. The first-order valence-corrected chi connectivity index (χ1v) is 10.6. The van der Waals surface area contributed by atoms with Crippen molar-refractivity contribution in [3.63, 3.8) is 0 Å². The molecule has 0 fully saturated rings. The third kappa shape index (κ3) is 2.83. The molecule has 2 aliphatic heterocycles. The van der Waals surface area contributed by atoms with Gasteiger partial charge in [-0.25, -0.2) is 8.42 Å². The van der Waals surface area contributed by atoms with Gasteiger partial charge in [-0.2, -0.15) is 4.31 Å². The van der Waals surface area contributed by atoms with E-state index in [0.717, 1.165) is 28.8 Å². The van der Waals surface area contributed by atoms with E-state index in [1.165, 1.54) is 4.31 Å². The molecule has 5 nitrogen and oxygen atoms in total. The van der Waals surface area contributed by atoms with Gasteiger partial charge in [-0.15, -0.1) is 0 Å². The molecule has 136 valence electrons. The summed E-state index contributed by atoms with van der Waals surface area (Å²) in [6.07, 6.45) is 1.23. The zero-order chi connectivity index (χ0) is 18.3. The maximum atomic E-state index is 13.4. The minimum absolute atomic E-state index is 0.00443. The minimum Gasteiger partial charge on any atom is -0.310 e. The Morgan fingerprint density at radius 3 is 2.42 bits per heavy atom. The summed E-state index contributed by atoms with van der Waals surface area (Å²) < 4.78 is 26.8. The van der Waals surface area contributed by atoms with Gasteiger partial charge in [0.1, 0.15) is 6.04 Å². The van der Waals surface area contributed by atoms with Crippen LogP contribution in [0.4, 0.5) is 5.69 Å². The second-order valence-electron chi connectivity index (χ2n) is 6.80. The predicted molar refractivity (Wildman–Crippen MR) is 101 cm³/mol. The highest BCUT2D eigenvalue weighted by Gasteiger charge is 2.41. The predicted octanol–water partition coefficient (Wildman–Crippen LogP) is 2.35. The van der Waals surface area contributed by atoms with Gasteiger partial charge in [-0.1, -0.05) is 42.5 Å². The fourth-order valence-electron chi connectivity index (χ4n) is 3.91. The highest BCUT2D eigenvalue weighted by atomic mass is 32.2. The molecule has 26 heavy (non-hydrogen) atoms. The van der Waals surface area contributed by atoms with Gasteiger partial charge in [0.2, 0.25) is 15.9 Å². The number of nitrogens with zero attached hydrogens (tertiary/aromatic N) is 2. The number of benzene rings is 2. The average molecular weight is 370 g/mol. The third-order valence-corrected chi connectivity index (χ3v) is 7.19. The number of sulfonamides is 1. The minimum atomic E-state index is -3.48. The van der Waals surface area contributed by atoms with E-state index in [4.69, 9.17) is 0 Å². The quantitative estimate of drug-likeness (QED) is 0.833. The van der Waals surface area contributed by atoms with Crippen LogP contribution in [0.5, 0.6) is 0 Å². The molecule has 0 aromatic heterocycles. The molecule has 0 saturated heterocycles. The van der Waals surface area contributed by atoms with Crippen LogP contribution in [0.15, 0.2) is 48.5 Å². The van der Waals surface area contributed by atoms with Gasteiger partial charge in [-0.3, -0.25) is 4.79 Å². The lowest BCUT2D eigenvalue weighted by Gasteiger charge is -2.36. The SMILES string of the molecule is CCS(=O)(=O)N1Cc2ccccc2C[C@H]1C(=O)N1CCc2ccccc21. The van der Waals surface area contributed by atoms with Crippen LogP contribution in [-0.4, -0.2) is 37.0 Å². The Balaban J connectivity index is 1.72. The smallest absolute Gasteiger partial charge is 0.245 e. The van der Waals surface area contributed by atoms with E-state index in [2.05, 4.69) is 0 Å². The topological polar surface area (TPSA) is 57.7 Å². The van der Waals surface area contributed by atoms with Gasteiger partial charge in [0.25, 0.3) is 0 Å². The van der Waals surface area contributed by atoms with Crippen LogP contribution in [0.3, 0.4) is 0 Å². The Hall–Kier alpha value is -2.18. The summed E-state index contributed by atoms with van der Waals surface area (Å²) >= 11 is 0. The Kier molecular flexibility index (Phi) is 4.32. The first-order chi connectivity index (χ1) is 12.5. The van der Waals surface area contributed by atoms with Crippen molar-refractivity contribution in [1.29, 1.82) is 0 Å². The van der Waals surface area contributed by atoms with Crippen molar-refractivity contribution in [3.8, 4) is 0 Å². The third-order valence-electron chi connectivity index (χ3n) is 5.37. The van der Waals surface area contributed by atoms with Gasteiger partial charge < -0.3 is 4.90 Å². The van der Waals surface area contributed by atoms with E-state index in [9.17, 15) is 13.2 Å². The number of para-hydroxylation sites is 1. The maximum Gasteiger partial charge on any atom is 0.245 e. The molecule has 2 aromatic rings. The Labute approximate surface area is 154 Å². The molecule has 0 bridgehead atoms. The van der Waals surface area contributed by atoms with E-state index < -0.39 is 16.1 Å². The lowest BCUT2D eigenvalue weighted by Crippen LogP contribution is -2.53. The number of rotatable bonds is 3. The molecule has 2 aromatic carbocycles. The molecule has 0 saturated carbocycles. The Morgan fingerprint density at radius 1 is 1.04 bits per heavy atom. The summed E-state index contributed by atoms with van der Waals surface area (Å²) in [5, 5.41) is 0. The molecular weight excluding hydrogens is 348 g/mol.